The predicted octanol–water partition coefficient (Wildman–Crippen LogP) is 6.18. The van der Waals surface area contributed by atoms with Gasteiger partial charge in [-0.25, -0.2) is 9.37 Å². The topological polar surface area (TPSA) is 67.2 Å². The first-order chi connectivity index (χ1) is 14.4. The first-order valence-electron chi connectivity index (χ1n) is 8.63. The first kappa shape index (κ1) is 20.5. The Bertz CT molecular complexity index is 1280. The summed E-state index contributed by atoms with van der Waals surface area (Å²) in [5.74, 6) is -0.386. The van der Waals surface area contributed by atoms with Crippen molar-refractivity contribution in [3.63, 3.8) is 0 Å². The molecule has 0 bridgehead atoms. The van der Waals surface area contributed by atoms with Crippen LogP contribution in [-0.4, -0.2) is 16.0 Å². The van der Waals surface area contributed by atoms with E-state index in [1.165, 1.54) is 12.1 Å². The van der Waals surface area contributed by atoms with Gasteiger partial charge < -0.3 is 9.73 Å². The van der Waals surface area contributed by atoms with Gasteiger partial charge in [0.1, 0.15) is 11.3 Å². The SMILES string of the molecule is O=C(NC(=S)Nc1ccc2oc(-c3ccc(F)cc3)nc2c1)c1cc(Br)ccc1Cl. The predicted molar refractivity (Wildman–Crippen MR) is 122 cm³/mol. The number of oxazole rings is 1. The van der Waals surface area contributed by atoms with Gasteiger partial charge in [-0.05, 0) is 72.9 Å². The quantitative estimate of drug-likeness (QED) is 0.326. The van der Waals surface area contributed by atoms with E-state index in [4.69, 9.17) is 28.2 Å². The smallest absolute Gasteiger partial charge is 0.258 e. The molecule has 30 heavy (non-hydrogen) atoms. The van der Waals surface area contributed by atoms with Crippen LogP contribution in [0.3, 0.4) is 0 Å². The Balaban J connectivity index is 1.49. The highest BCUT2D eigenvalue weighted by atomic mass is 79.9. The second-order valence-electron chi connectivity index (χ2n) is 6.24. The van der Waals surface area contributed by atoms with Crippen LogP contribution in [-0.2, 0) is 0 Å². The van der Waals surface area contributed by atoms with Gasteiger partial charge in [0.2, 0.25) is 5.89 Å². The molecule has 9 heteroatoms. The van der Waals surface area contributed by atoms with Gasteiger partial charge in [-0.3, -0.25) is 10.1 Å². The summed E-state index contributed by atoms with van der Waals surface area (Å²) in [5, 5.41) is 5.96. The van der Waals surface area contributed by atoms with Crippen LogP contribution < -0.4 is 10.6 Å². The molecule has 0 saturated heterocycles. The molecule has 3 aromatic carbocycles. The molecule has 0 fully saturated rings. The molecule has 0 unspecified atom stereocenters. The number of aromatic nitrogens is 1. The number of anilines is 1. The van der Waals surface area contributed by atoms with Crippen LogP contribution in [0.2, 0.25) is 5.02 Å². The second-order valence-corrected chi connectivity index (χ2v) is 7.97. The first-order valence-corrected chi connectivity index (χ1v) is 10.2. The van der Waals surface area contributed by atoms with E-state index >= 15 is 0 Å². The standard InChI is InChI=1S/C21H12BrClFN3O2S/c22-12-3-7-16(23)15(9-12)19(28)27-21(30)25-14-6-8-18-17(10-14)26-20(29-18)11-1-4-13(24)5-2-11/h1-10H,(H2,25,27,28,30). The highest BCUT2D eigenvalue weighted by molar-refractivity contribution is 9.10. The Kier molecular flexibility index (Phi) is 5.80. The van der Waals surface area contributed by atoms with Gasteiger partial charge in [0.05, 0.1) is 10.6 Å². The highest BCUT2D eigenvalue weighted by Gasteiger charge is 2.14. The highest BCUT2D eigenvalue weighted by Crippen LogP contribution is 2.26. The third-order valence-electron chi connectivity index (χ3n) is 4.14. The molecule has 0 saturated carbocycles. The van der Waals surface area contributed by atoms with Crippen LogP contribution in [0.1, 0.15) is 10.4 Å². The summed E-state index contributed by atoms with van der Waals surface area (Å²) in [6, 6.07) is 16.0. The molecule has 1 amide bonds. The Hall–Kier alpha value is -2.81. The zero-order chi connectivity index (χ0) is 21.3. The summed E-state index contributed by atoms with van der Waals surface area (Å²) in [6.45, 7) is 0. The number of hydrogen-bond donors (Lipinski definition) is 2. The van der Waals surface area contributed by atoms with Crippen molar-refractivity contribution in [3.8, 4) is 11.5 Å². The molecule has 0 spiro atoms. The van der Waals surface area contributed by atoms with Crippen molar-refractivity contribution in [2.75, 3.05) is 5.32 Å². The molecule has 4 aromatic rings. The molecule has 2 N–H and O–H groups in total. The fourth-order valence-electron chi connectivity index (χ4n) is 2.73. The lowest BCUT2D eigenvalue weighted by Gasteiger charge is -2.10. The number of fused-ring (bicyclic) bond motifs is 1. The van der Waals surface area contributed by atoms with Gasteiger partial charge in [-0.15, -0.1) is 0 Å². The largest absolute Gasteiger partial charge is 0.436 e. The number of hydrogen-bond acceptors (Lipinski definition) is 4. The summed E-state index contributed by atoms with van der Waals surface area (Å²) in [5.41, 5.74) is 2.73. The lowest BCUT2D eigenvalue weighted by molar-refractivity contribution is 0.0978. The van der Waals surface area contributed by atoms with E-state index in [9.17, 15) is 9.18 Å². The molecule has 150 valence electrons. The van der Waals surface area contributed by atoms with Crippen LogP contribution in [0, 0.1) is 5.82 Å². The van der Waals surface area contributed by atoms with Crippen molar-refractivity contribution >= 4 is 67.6 Å². The van der Waals surface area contributed by atoms with Crippen molar-refractivity contribution in [2.24, 2.45) is 0 Å². The van der Waals surface area contributed by atoms with E-state index in [-0.39, 0.29) is 10.9 Å². The van der Waals surface area contributed by atoms with Crippen LogP contribution in [0.4, 0.5) is 10.1 Å². The van der Waals surface area contributed by atoms with E-state index < -0.39 is 5.91 Å². The van der Waals surface area contributed by atoms with Crippen molar-refractivity contribution in [2.45, 2.75) is 0 Å². The van der Waals surface area contributed by atoms with Gasteiger partial charge in [0.15, 0.2) is 10.7 Å². The number of carbonyl (C=O) groups excluding carboxylic acids is 1. The lowest BCUT2D eigenvalue weighted by atomic mass is 10.2. The minimum atomic E-state index is -0.431. The Labute approximate surface area is 189 Å². The number of halogens is 3. The number of thiocarbonyl (C=S) groups is 1. The molecule has 4 rings (SSSR count). The number of carbonyl (C=O) groups is 1. The molecule has 0 aliphatic carbocycles. The zero-order valence-corrected chi connectivity index (χ0v) is 18.2. The summed E-state index contributed by atoms with van der Waals surface area (Å²) in [7, 11) is 0. The minimum absolute atomic E-state index is 0.109. The molecule has 0 atom stereocenters. The fraction of sp³-hybridized carbons (Fsp3) is 0. The minimum Gasteiger partial charge on any atom is -0.436 e. The fourth-order valence-corrected chi connectivity index (χ4v) is 3.50. The summed E-state index contributed by atoms with van der Waals surface area (Å²) in [4.78, 5) is 16.8. The molecular weight excluding hydrogens is 493 g/mol. The molecule has 5 nitrogen and oxygen atoms in total. The Morgan fingerprint density at radius 2 is 1.87 bits per heavy atom. The van der Waals surface area contributed by atoms with E-state index in [2.05, 4.69) is 31.5 Å². The number of nitrogens with one attached hydrogen (secondary N) is 2. The van der Waals surface area contributed by atoms with E-state index in [1.54, 1.807) is 48.5 Å². The van der Waals surface area contributed by atoms with Gasteiger partial charge >= 0.3 is 0 Å². The normalized spacial score (nSPS) is 10.8. The number of amides is 1. The van der Waals surface area contributed by atoms with Gasteiger partial charge in [0.25, 0.3) is 5.91 Å². The van der Waals surface area contributed by atoms with Crippen LogP contribution >= 0.6 is 39.7 Å². The third-order valence-corrected chi connectivity index (χ3v) is 5.16. The van der Waals surface area contributed by atoms with E-state index in [0.29, 0.717) is 38.8 Å². The van der Waals surface area contributed by atoms with Crippen LogP contribution in [0.5, 0.6) is 0 Å². The van der Waals surface area contributed by atoms with Crippen LogP contribution in [0.25, 0.3) is 22.6 Å². The lowest BCUT2D eigenvalue weighted by Crippen LogP contribution is -2.34. The van der Waals surface area contributed by atoms with Crippen molar-refractivity contribution in [1.29, 1.82) is 0 Å². The van der Waals surface area contributed by atoms with Crippen LogP contribution in [0.15, 0.2) is 69.6 Å². The second kappa shape index (κ2) is 8.51. The number of rotatable bonds is 3. The maximum Gasteiger partial charge on any atom is 0.258 e. The summed E-state index contributed by atoms with van der Waals surface area (Å²) in [6.07, 6.45) is 0. The molecule has 1 heterocycles. The average Bonchev–Trinajstić information content (AvgIpc) is 3.13. The Morgan fingerprint density at radius 3 is 2.63 bits per heavy atom. The molecule has 0 aliphatic rings. The third kappa shape index (κ3) is 4.51. The van der Waals surface area contributed by atoms with Crippen molar-refractivity contribution in [3.05, 3.63) is 81.5 Å². The average molecular weight is 505 g/mol. The Morgan fingerprint density at radius 1 is 1.10 bits per heavy atom. The number of benzene rings is 3. The number of nitrogens with zero attached hydrogens (tertiary/aromatic N) is 1. The molecule has 0 aliphatic heterocycles. The summed E-state index contributed by atoms with van der Waals surface area (Å²) < 4.78 is 19.6. The molecule has 0 radical (unpaired) electrons. The monoisotopic (exact) mass is 503 g/mol. The molecular formula is C21H12BrClFN3O2S. The maximum absolute atomic E-state index is 13.1. The zero-order valence-electron chi connectivity index (χ0n) is 15.1. The van der Waals surface area contributed by atoms with E-state index in [0.717, 1.165) is 4.47 Å². The summed E-state index contributed by atoms with van der Waals surface area (Å²) >= 11 is 14.6. The van der Waals surface area contributed by atoms with Gasteiger partial charge in [-0.1, -0.05) is 27.5 Å². The van der Waals surface area contributed by atoms with Crippen molar-refractivity contribution in [1.82, 2.24) is 10.3 Å². The molecule has 1 aromatic heterocycles. The maximum atomic E-state index is 13.1. The van der Waals surface area contributed by atoms with Gasteiger partial charge in [-0.2, -0.15) is 0 Å². The van der Waals surface area contributed by atoms with Crippen molar-refractivity contribution < 1.29 is 13.6 Å². The van der Waals surface area contributed by atoms with Gasteiger partial charge in [0, 0.05) is 15.7 Å². The van der Waals surface area contributed by atoms with E-state index in [1.807, 2.05) is 0 Å².